The summed E-state index contributed by atoms with van der Waals surface area (Å²) in [5, 5.41) is 0.677. The normalized spacial score (nSPS) is 18.8. The summed E-state index contributed by atoms with van der Waals surface area (Å²) in [5.41, 5.74) is 0.444. The van der Waals surface area contributed by atoms with Gasteiger partial charge in [0, 0.05) is 31.5 Å². The number of carbonyl (C=O) groups excluding carboxylic acids is 1. The van der Waals surface area contributed by atoms with Crippen molar-refractivity contribution in [1.29, 1.82) is 0 Å². The molecule has 1 heterocycles. The number of alkyl halides is 1. The topological polar surface area (TPSA) is 66.9 Å². The summed E-state index contributed by atoms with van der Waals surface area (Å²) in [6, 6.07) is 6.57. The van der Waals surface area contributed by atoms with Gasteiger partial charge in [-0.3, -0.25) is 0 Å². The Morgan fingerprint density at radius 2 is 1.92 bits per heavy atom. The standard InChI is InChI=1S/C18H27BrN2O4S/c1-18(2,3)25-17(22)21-11-5-6-15(13-21)20(4)26(23,24)16-9-7-14(12-19)8-10-16/h7-10,15H,5-6,11-13H2,1-4H3. The number of piperidine rings is 1. The van der Waals surface area contributed by atoms with Crippen molar-refractivity contribution in [3.8, 4) is 0 Å². The molecule has 26 heavy (non-hydrogen) atoms. The van der Waals surface area contributed by atoms with Crippen molar-refractivity contribution in [1.82, 2.24) is 9.21 Å². The smallest absolute Gasteiger partial charge is 0.410 e. The van der Waals surface area contributed by atoms with Gasteiger partial charge in [-0.15, -0.1) is 0 Å². The second kappa shape index (κ2) is 8.27. The first kappa shape index (κ1) is 21.2. The van der Waals surface area contributed by atoms with E-state index < -0.39 is 21.7 Å². The maximum absolute atomic E-state index is 12.9. The largest absolute Gasteiger partial charge is 0.444 e. The van der Waals surface area contributed by atoms with Crippen LogP contribution in [0.15, 0.2) is 29.2 Å². The lowest BCUT2D eigenvalue weighted by atomic mass is 10.1. The molecule has 146 valence electrons. The lowest BCUT2D eigenvalue weighted by Crippen LogP contribution is -2.51. The first-order valence-corrected chi connectivity index (χ1v) is 11.2. The highest BCUT2D eigenvalue weighted by atomic mass is 79.9. The Labute approximate surface area is 164 Å². The highest BCUT2D eigenvalue weighted by molar-refractivity contribution is 9.08. The summed E-state index contributed by atoms with van der Waals surface area (Å²) in [6.07, 6.45) is 1.07. The molecule has 8 heteroatoms. The monoisotopic (exact) mass is 446 g/mol. The van der Waals surface area contributed by atoms with Gasteiger partial charge in [0.15, 0.2) is 0 Å². The van der Waals surface area contributed by atoms with Crippen LogP contribution in [0.25, 0.3) is 0 Å². The summed E-state index contributed by atoms with van der Waals surface area (Å²) in [7, 11) is -2.03. The van der Waals surface area contributed by atoms with Crippen LogP contribution in [0, 0.1) is 0 Å². The number of hydrogen-bond donors (Lipinski definition) is 0. The Morgan fingerprint density at radius 1 is 1.31 bits per heavy atom. The van der Waals surface area contributed by atoms with Crippen LogP contribution in [0.3, 0.4) is 0 Å². The van der Waals surface area contributed by atoms with E-state index in [4.69, 9.17) is 4.74 Å². The summed E-state index contributed by atoms with van der Waals surface area (Å²) >= 11 is 3.36. The van der Waals surface area contributed by atoms with Gasteiger partial charge in [0.05, 0.1) is 4.90 Å². The molecule has 0 radical (unpaired) electrons. The van der Waals surface area contributed by atoms with Crippen LogP contribution in [0.2, 0.25) is 0 Å². The third-order valence-corrected chi connectivity index (χ3v) is 6.89. The van der Waals surface area contributed by atoms with Crippen molar-refractivity contribution in [2.45, 2.75) is 55.5 Å². The summed E-state index contributed by atoms with van der Waals surface area (Å²) in [4.78, 5) is 14.2. The van der Waals surface area contributed by atoms with E-state index in [1.165, 1.54) is 4.31 Å². The Kier molecular flexibility index (Phi) is 6.74. The Balaban J connectivity index is 2.12. The van der Waals surface area contributed by atoms with Gasteiger partial charge in [-0.05, 0) is 51.3 Å². The first-order chi connectivity index (χ1) is 12.0. The van der Waals surface area contributed by atoms with Crippen LogP contribution >= 0.6 is 15.9 Å². The molecule has 1 aliphatic heterocycles. The lowest BCUT2D eigenvalue weighted by molar-refractivity contribution is 0.0163. The van der Waals surface area contributed by atoms with E-state index in [0.717, 1.165) is 12.0 Å². The van der Waals surface area contributed by atoms with E-state index in [1.807, 2.05) is 20.8 Å². The van der Waals surface area contributed by atoms with Crippen LogP contribution in [0.1, 0.15) is 39.2 Å². The molecule has 2 rings (SSSR count). The molecule has 1 aromatic carbocycles. The number of sulfonamides is 1. The van der Waals surface area contributed by atoms with Crippen LogP contribution in [-0.4, -0.2) is 55.5 Å². The van der Waals surface area contributed by atoms with Crippen LogP contribution in [-0.2, 0) is 20.1 Å². The lowest BCUT2D eigenvalue weighted by Gasteiger charge is -2.37. The minimum atomic E-state index is -3.61. The van der Waals surface area contributed by atoms with Crippen molar-refractivity contribution in [3.63, 3.8) is 0 Å². The molecular formula is C18H27BrN2O4S. The fraction of sp³-hybridized carbons (Fsp3) is 0.611. The number of carbonyl (C=O) groups is 1. The molecule has 1 fully saturated rings. The molecule has 1 aromatic rings. The Morgan fingerprint density at radius 3 is 2.46 bits per heavy atom. The molecule has 6 nitrogen and oxygen atoms in total. The number of likely N-dealkylation sites (tertiary alicyclic amines) is 1. The number of rotatable bonds is 4. The van der Waals surface area contributed by atoms with Gasteiger partial charge in [-0.1, -0.05) is 28.1 Å². The van der Waals surface area contributed by atoms with Gasteiger partial charge < -0.3 is 9.64 Å². The zero-order chi connectivity index (χ0) is 19.5. The van der Waals surface area contributed by atoms with Crippen LogP contribution in [0.5, 0.6) is 0 Å². The van der Waals surface area contributed by atoms with Crippen molar-refractivity contribution in [3.05, 3.63) is 29.8 Å². The van der Waals surface area contributed by atoms with Gasteiger partial charge in [-0.2, -0.15) is 4.31 Å². The molecule has 1 saturated heterocycles. The minimum Gasteiger partial charge on any atom is -0.444 e. The van der Waals surface area contributed by atoms with Crippen molar-refractivity contribution >= 4 is 32.0 Å². The number of nitrogens with zero attached hydrogens (tertiary/aromatic N) is 2. The number of amides is 1. The molecule has 0 N–H and O–H groups in total. The third-order valence-electron chi connectivity index (χ3n) is 4.32. The molecule has 0 saturated carbocycles. The van der Waals surface area contributed by atoms with Crippen LogP contribution < -0.4 is 0 Å². The van der Waals surface area contributed by atoms with Crippen molar-refractivity contribution in [2.75, 3.05) is 20.1 Å². The summed E-state index contributed by atoms with van der Waals surface area (Å²) < 4.78 is 32.6. The molecule has 1 amide bonds. The molecule has 1 aliphatic rings. The van der Waals surface area contributed by atoms with Crippen molar-refractivity contribution < 1.29 is 17.9 Å². The van der Waals surface area contributed by atoms with Gasteiger partial charge in [0.25, 0.3) is 0 Å². The number of halogens is 1. The SMILES string of the molecule is CN(C1CCCN(C(=O)OC(C)(C)C)C1)S(=O)(=O)c1ccc(CBr)cc1. The molecule has 1 atom stereocenters. The van der Waals surface area contributed by atoms with Gasteiger partial charge >= 0.3 is 6.09 Å². The Hall–Kier alpha value is -1.12. The van der Waals surface area contributed by atoms with Gasteiger partial charge in [-0.25, -0.2) is 13.2 Å². The van der Waals surface area contributed by atoms with Crippen molar-refractivity contribution in [2.24, 2.45) is 0 Å². The summed E-state index contributed by atoms with van der Waals surface area (Å²) in [6.45, 7) is 6.38. The highest BCUT2D eigenvalue weighted by Crippen LogP contribution is 2.24. The number of benzene rings is 1. The Bertz CT molecular complexity index is 729. The van der Waals surface area contributed by atoms with E-state index in [2.05, 4.69) is 15.9 Å². The van der Waals surface area contributed by atoms with Gasteiger partial charge in [0.2, 0.25) is 10.0 Å². The molecule has 0 aliphatic carbocycles. The number of ether oxygens (including phenoxy) is 1. The molecule has 0 aromatic heterocycles. The zero-order valence-corrected chi connectivity index (χ0v) is 18.1. The van der Waals surface area contributed by atoms with E-state index in [-0.39, 0.29) is 10.9 Å². The highest BCUT2D eigenvalue weighted by Gasteiger charge is 2.34. The molecule has 1 unspecified atom stereocenters. The maximum Gasteiger partial charge on any atom is 0.410 e. The average Bonchev–Trinajstić information content (AvgIpc) is 2.59. The fourth-order valence-electron chi connectivity index (χ4n) is 2.86. The predicted molar refractivity (Wildman–Crippen MR) is 105 cm³/mol. The average molecular weight is 447 g/mol. The first-order valence-electron chi connectivity index (χ1n) is 8.65. The maximum atomic E-state index is 12.9. The second-order valence-electron chi connectivity index (χ2n) is 7.52. The number of likely N-dealkylation sites (N-methyl/N-ethyl adjacent to an activating group) is 1. The molecule has 0 spiro atoms. The number of hydrogen-bond acceptors (Lipinski definition) is 4. The second-order valence-corrected chi connectivity index (χ2v) is 10.1. The van der Waals surface area contributed by atoms with E-state index in [0.29, 0.717) is 24.8 Å². The van der Waals surface area contributed by atoms with E-state index in [1.54, 1.807) is 36.2 Å². The molecule has 0 bridgehead atoms. The van der Waals surface area contributed by atoms with Crippen LogP contribution in [0.4, 0.5) is 4.79 Å². The zero-order valence-electron chi connectivity index (χ0n) is 15.7. The summed E-state index contributed by atoms with van der Waals surface area (Å²) in [5.74, 6) is 0. The fourth-order valence-corrected chi connectivity index (χ4v) is 4.61. The third kappa shape index (κ3) is 5.20. The predicted octanol–water partition coefficient (Wildman–Crippen LogP) is 3.60. The molecular weight excluding hydrogens is 420 g/mol. The van der Waals surface area contributed by atoms with Gasteiger partial charge in [0.1, 0.15) is 5.60 Å². The van der Waals surface area contributed by atoms with E-state index >= 15 is 0 Å². The van der Waals surface area contributed by atoms with E-state index in [9.17, 15) is 13.2 Å². The quantitative estimate of drug-likeness (QED) is 0.662. The minimum absolute atomic E-state index is 0.263.